The average molecular weight is 410 g/mol. The van der Waals surface area contributed by atoms with Crippen LogP contribution in [0.1, 0.15) is 29.5 Å². The van der Waals surface area contributed by atoms with Gasteiger partial charge in [-0.1, -0.05) is 24.3 Å². The molecular weight excluding hydrogens is 378 g/mol. The molecule has 7 nitrogen and oxygen atoms in total. The van der Waals surface area contributed by atoms with E-state index in [-0.39, 0.29) is 6.03 Å². The molecule has 0 radical (unpaired) electrons. The number of benzene rings is 2. The summed E-state index contributed by atoms with van der Waals surface area (Å²) in [6.07, 6.45) is 2.16. The number of anilines is 1. The average Bonchev–Trinajstić information content (AvgIpc) is 3.30. The molecule has 0 bridgehead atoms. The highest BCUT2D eigenvalue weighted by molar-refractivity contribution is 5.89. The maximum absolute atomic E-state index is 12.3. The van der Waals surface area contributed by atoms with Crippen LogP contribution in [0.25, 0.3) is 0 Å². The summed E-state index contributed by atoms with van der Waals surface area (Å²) in [6.45, 7) is 4.91. The number of aryl methyl sites for hydroxylation is 1. The minimum Gasteiger partial charge on any atom is -0.496 e. The van der Waals surface area contributed by atoms with Gasteiger partial charge < -0.3 is 25.6 Å². The molecule has 1 saturated heterocycles. The van der Waals surface area contributed by atoms with E-state index in [1.165, 1.54) is 0 Å². The molecule has 0 atom stereocenters. The van der Waals surface area contributed by atoms with E-state index < -0.39 is 0 Å². The Morgan fingerprint density at radius 1 is 1.10 bits per heavy atom. The van der Waals surface area contributed by atoms with E-state index in [0.717, 1.165) is 54.1 Å². The fraction of sp³-hybridized carbons (Fsp3) is 0.391. The van der Waals surface area contributed by atoms with Gasteiger partial charge in [0.15, 0.2) is 5.96 Å². The number of nitrogens with one attached hydrogen (secondary N) is 3. The monoisotopic (exact) mass is 409 g/mol. The molecular formula is C23H31N5O2. The van der Waals surface area contributed by atoms with E-state index in [4.69, 9.17) is 4.74 Å². The Kier molecular flexibility index (Phi) is 7.54. The van der Waals surface area contributed by atoms with Crippen molar-refractivity contribution in [3.8, 4) is 5.75 Å². The van der Waals surface area contributed by atoms with Crippen LogP contribution in [0.5, 0.6) is 5.75 Å². The summed E-state index contributed by atoms with van der Waals surface area (Å²) < 4.78 is 5.46. The minimum atomic E-state index is -0.0258. The standard InChI is InChI=1S/C23H31N5O2/c1-17-9-10-19(21(13-17)30-3)16-26-22(24-2)25-15-18-7-6-8-20(14-18)27-23(29)28-11-4-5-12-28/h6-10,13-14H,4-5,11-12,15-16H2,1-3H3,(H,27,29)(H2,24,25,26). The lowest BCUT2D eigenvalue weighted by Crippen LogP contribution is -2.36. The van der Waals surface area contributed by atoms with Crippen molar-refractivity contribution in [3.05, 3.63) is 59.2 Å². The van der Waals surface area contributed by atoms with Crippen LogP contribution < -0.4 is 20.7 Å². The van der Waals surface area contributed by atoms with Gasteiger partial charge >= 0.3 is 6.03 Å². The molecule has 1 fully saturated rings. The Bertz CT molecular complexity index is 891. The molecule has 1 heterocycles. The number of rotatable bonds is 6. The number of ether oxygens (including phenoxy) is 1. The molecule has 0 aromatic heterocycles. The molecule has 1 aliphatic heterocycles. The first kappa shape index (κ1) is 21.5. The summed E-state index contributed by atoms with van der Waals surface area (Å²) in [5, 5.41) is 9.62. The molecule has 30 heavy (non-hydrogen) atoms. The molecule has 2 amide bonds. The van der Waals surface area contributed by atoms with Crippen LogP contribution in [-0.4, -0.2) is 44.1 Å². The Morgan fingerprint density at radius 3 is 2.60 bits per heavy atom. The zero-order chi connectivity index (χ0) is 21.3. The van der Waals surface area contributed by atoms with E-state index in [1.54, 1.807) is 14.2 Å². The molecule has 7 heteroatoms. The van der Waals surface area contributed by atoms with Crippen molar-refractivity contribution in [2.75, 3.05) is 32.6 Å². The van der Waals surface area contributed by atoms with Crippen LogP contribution in [0.2, 0.25) is 0 Å². The number of hydrogen-bond acceptors (Lipinski definition) is 3. The third kappa shape index (κ3) is 5.89. The van der Waals surface area contributed by atoms with E-state index in [0.29, 0.717) is 19.0 Å². The lowest BCUT2D eigenvalue weighted by atomic mass is 10.1. The van der Waals surface area contributed by atoms with Gasteiger partial charge in [0.2, 0.25) is 0 Å². The molecule has 2 aromatic carbocycles. The third-order valence-electron chi connectivity index (χ3n) is 5.14. The van der Waals surface area contributed by atoms with Crippen molar-refractivity contribution >= 4 is 17.7 Å². The number of carbonyl (C=O) groups is 1. The normalized spacial score (nSPS) is 13.8. The lowest BCUT2D eigenvalue weighted by Gasteiger charge is -2.17. The number of hydrogen-bond donors (Lipinski definition) is 3. The maximum atomic E-state index is 12.3. The van der Waals surface area contributed by atoms with E-state index >= 15 is 0 Å². The summed E-state index contributed by atoms with van der Waals surface area (Å²) in [6, 6.07) is 14.0. The van der Waals surface area contributed by atoms with Crippen LogP contribution in [0.15, 0.2) is 47.5 Å². The summed E-state index contributed by atoms with van der Waals surface area (Å²) in [7, 11) is 3.43. The molecule has 1 aliphatic rings. The second kappa shape index (κ2) is 10.5. The predicted octanol–water partition coefficient (Wildman–Crippen LogP) is 3.50. The molecule has 160 valence electrons. The number of guanidine groups is 1. The molecule has 0 saturated carbocycles. The fourth-order valence-electron chi connectivity index (χ4n) is 3.46. The van der Waals surface area contributed by atoms with Crippen LogP contribution in [0.3, 0.4) is 0 Å². The first-order valence-electron chi connectivity index (χ1n) is 10.3. The fourth-order valence-corrected chi connectivity index (χ4v) is 3.46. The van der Waals surface area contributed by atoms with Crippen molar-refractivity contribution in [2.45, 2.75) is 32.9 Å². The van der Waals surface area contributed by atoms with Gasteiger partial charge in [-0.2, -0.15) is 0 Å². The number of methoxy groups -OCH3 is 1. The van der Waals surface area contributed by atoms with Gasteiger partial charge in [-0.3, -0.25) is 4.99 Å². The van der Waals surface area contributed by atoms with E-state index in [1.807, 2.05) is 42.2 Å². The van der Waals surface area contributed by atoms with Gasteiger partial charge in [0, 0.05) is 44.5 Å². The highest BCUT2D eigenvalue weighted by Gasteiger charge is 2.17. The zero-order valence-electron chi connectivity index (χ0n) is 18.0. The summed E-state index contributed by atoms with van der Waals surface area (Å²) in [5.41, 5.74) is 4.09. The summed E-state index contributed by atoms with van der Waals surface area (Å²) in [5.74, 6) is 1.56. The zero-order valence-corrected chi connectivity index (χ0v) is 18.0. The van der Waals surface area contributed by atoms with Crippen molar-refractivity contribution in [2.24, 2.45) is 4.99 Å². The molecule has 3 rings (SSSR count). The highest BCUT2D eigenvalue weighted by atomic mass is 16.5. The third-order valence-corrected chi connectivity index (χ3v) is 5.14. The van der Waals surface area contributed by atoms with Crippen molar-refractivity contribution < 1.29 is 9.53 Å². The van der Waals surface area contributed by atoms with Crippen LogP contribution in [0.4, 0.5) is 10.5 Å². The Morgan fingerprint density at radius 2 is 1.87 bits per heavy atom. The highest BCUT2D eigenvalue weighted by Crippen LogP contribution is 2.19. The van der Waals surface area contributed by atoms with Gasteiger partial charge in [-0.25, -0.2) is 4.79 Å². The topological polar surface area (TPSA) is 78.0 Å². The van der Waals surface area contributed by atoms with Crippen molar-refractivity contribution in [1.29, 1.82) is 0 Å². The number of carbonyl (C=O) groups excluding carboxylic acids is 1. The Labute approximate surface area is 178 Å². The summed E-state index contributed by atoms with van der Waals surface area (Å²) >= 11 is 0. The first-order chi connectivity index (χ1) is 14.6. The van der Waals surface area contributed by atoms with Gasteiger partial charge in [-0.15, -0.1) is 0 Å². The first-order valence-corrected chi connectivity index (χ1v) is 10.3. The molecule has 0 aliphatic carbocycles. The molecule has 3 N–H and O–H groups in total. The Hall–Kier alpha value is -3.22. The lowest BCUT2D eigenvalue weighted by molar-refractivity contribution is 0.222. The van der Waals surface area contributed by atoms with Crippen molar-refractivity contribution in [3.63, 3.8) is 0 Å². The molecule has 2 aromatic rings. The van der Waals surface area contributed by atoms with Crippen LogP contribution >= 0.6 is 0 Å². The second-order valence-electron chi connectivity index (χ2n) is 7.42. The maximum Gasteiger partial charge on any atom is 0.321 e. The van der Waals surface area contributed by atoms with Crippen LogP contribution in [0, 0.1) is 6.92 Å². The van der Waals surface area contributed by atoms with Crippen molar-refractivity contribution in [1.82, 2.24) is 15.5 Å². The van der Waals surface area contributed by atoms with E-state index in [2.05, 4.69) is 33.1 Å². The second-order valence-corrected chi connectivity index (χ2v) is 7.42. The SMILES string of the molecule is CN=C(NCc1cccc(NC(=O)N2CCCC2)c1)NCc1ccc(C)cc1OC. The molecule has 0 spiro atoms. The van der Waals surface area contributed by atoms with Gasteiger partial charge in [0.25, 0.3) is 0 Å². The predicted molar refractivity (Wildman–Crippen MR) is 121 cm³/mol. The quantitative estimate of drug-likeness (QED) is 0.504. The van der Waals surface area contributed by atoms with Gasteiger partial charge in [0.05, 0.1) is 7.11 Å². The number of urea groups is 1. The number of aliphatic imine (C=N–C) groups is 1. The van der Waals surface area contributed by atoms with Gasteiger partial charge in [0.1, 0.15) is 5.75 Å². The Balaban J connectivity index is 1.53. The number of nitrogens with zero attached hydrogens (tertiary/aromatic N) is 2. The summed E-state index contributed by atoms with van der Waals surface area (Å²) in [4.78, 5) is 18.4. The minimum absolute atomic E-state index is 0.0258. The van der Waals surface area contributed by atoms with Gasteiger partial charge in [-0.05, 0) is 49.1 Å². The molecule has 0 unspecified atom stereocenters. The largest absolute Gasteiger partial charge is 0.496 e. The van der Waals surface area contributed by atoms with E-state index in [9.17, 15) is 4.79 Å². The number of amides is 2. The number of likely N-dealkylation sites (tertiary alicyclic amines) is 1. The van der Waals surface area contributed by atoms with Crippen LogP contribution in [-0.2, 0) is 13.1 Å². The smallest absolute Gasteiger partial charge is 0.321 e.